The molecule has 1 aliphatic heterocycles. The summed E-state index contributed by atoms with van der Waals surface area (Å²) in [7, 11) is 5.70. The van der Waals surface area contributed by atoms with Gasteiger partial charge in [-0.15, -0.1) is 0 Å². The zero-order valence-electron chi connectivity index (χ0n) is 21.7. The van der Waals surface area contributed by atoms with Crippen molar-refractivity contribution >= 4 is 23.6 Å². The standard InChI is InChI=1S/C25H34N2O8/c1-13-19(23(29)26-12-18(28)35-25(3,4)5)22(20(14(2)27-13)24(30)34-9)21-16(32-7)10-15(31-6)11-17(21)33-8/h10-11,20,22H,12H2,1-9H3,(H,26,29). The van der Waals surface area contributed by atoms with E-state index in [2.05, 4.69) is 10.3 Å². The summed E-state index contributed by atoms with van der Waals surface area (Å²) in [5, 5.41) is 2.60. The molecule has 2 atom stereocenters. The van der Waals surface area contributed by atoms with Gasteiger partial charge >= 0.3 is 11.9 Å². The van der Waals surface area contributed by atoms with Gasteiger partial charge in [0.2, 0.25) is 5.91 Å². The molecule has 0 radical (unpaired) electrons. The summed E-state index contributed by atoms with van der Waals surface area (Å²) < 4.78 is 26.9. The summed E-state index contributed by atoms with van der Waals surface area (Å²) >= 11 is 0. The molecular weight excluding hydrogens is 456 g/mol. The van der Waals surface area contributed by atoms with Gasteiger partial charge in [0.25, 0.3) is 0 Å². The predicted molar refractivity (Wildman–Crippen MR) is 129 cm³/mol. The van der Waals surface area contributed by atoms with Gasteiger partial charge in [-0.25, -0.2) is 0 Å². The van der Waals surface area contributed by atoms with Crippen LogP contribution in [0.2, 0.25) is 0 Å². The zero-order valence-corrected chi connectivity index (χ0v) is 21.7. The SMILES string of the molecule is COC(=O)C1C(C)=NC(C)=C(C(=O)NCC(=O)OC(C)(C)C)C1c1c(OC)cc(OC)cc1OC. The van der Waals surface area contributed by atoms with E-state index in [1.807, 2.05) is 0 Å². The first-order chi connectivity index (χ1) is 16.4. The quantitative estimate of drug-likeness (QED) is 0.552. The molecule has 0 saturated heterocycles. The van der Waals surface area contributed by atoms with Crippen molar-refractivity contribution in [3.8, 4) is 17.2 Å². The van der Waals surface area contributed by atoms with Crippen LogP contribution in [0.1, 0.15) is 46.1 Å². The molecule has 192 valence electrons. The largest absolute Gasteiger partial charge is 0.496 e. The Kier molecular flexibility index (Phi) is 8.89. The minimum absolute atomic E-state index is 0.177. The van der Waals surface area contributed by atoms with Gasteiger partial charge in [0.05, 0.1) is 28.4 Å². The highest BCUT2D eigenvalue weighted by molar-refractivity contribution is 6.08. The third-order valence-electron chi connectivity index (χ3n) is 5.41. The van der Waals surface area contributed by atoms with Crippen molar-refractivity contribution in [1.29, 1.82) is 0 Å². The fourth-order valence-electron chi connectivity index (χ4n) is 4.04. The number of allylic oxidation sites excluding steroid dienone is 1. The molecule has 2 unspecified atom stereocenters. The molecule has 1 aromatic rings. The smallest absolute Gasteiger partial charge is 0.325 e. The molecular formula is C25H34N2O8. The first-order valence-corrected chi connectivity index (χ1v) is 11.0. The first kappa shape index (κ1) is 27.7. The number of hydrogen-bond donors (Lipinski definition) is 1. The topological polar surface area (TPSA) is 122 Å². The van der Waals surface area contributed by atoms with Crippen LogP contribution in [-0.2, 0) is 23.9 Å². The zero-order chi connectivity index (χ0) is 26.5. The number of esters is 2. The molecule has 0 bridgehead atoms. The van der Waals surface area contributed by atoms with Gasteiger partial charge in [0, 0.05) is 40.6 Å². The average molecular weight is 491 g/mol. The third kappa shape index (κ3) is 6.32. The lowest BCUT2D eigenvalue weighted by molar-refractivity contribution is -0.154. The molecule has 1 N–H and O–H groups in total. The van der Waals surface area contributed by atoms with Gasteiger partial charge in [-0.1, -0.05) is 0 Å². The second-order valence-electron chi connectivity index (χ2n) is 8.95. The molecule has 0 spiro atoms. The van der Waals surface area contributed by atoms with E-state index in [-0.39, 0.29) is 12.1 Å². The van der Waals surface area contributed by atoms with E-state index in [1.54, 1.807) is 46.8 Å². The van der Waals surface area contributed by atoms with Crippen molar-refractivity contribution in [3.05, 3.63) is 29.0 Å². The van der Waals surface area contributed by atoms with Crippen LogP contribution in [0.5, 0.6) is 17.2 Å². The highest BCUT2D eigenvalue weighted by Gasteiger charge is 2.44. The van der Waals surface area contributed by atoms with Crippen LogP contribution < -0.4 is 19.5 Å². The summed E-state index contributed by atoms with van der Waals surface area (Å²) in [5.41, 5.74) is 0.766. The van der Waals surface area contributed by atoms with Crippen molar-refractivity contribution in [2.45, 2.75) is 46.1 Å². The van der Waals surface area contributed by atoms with Crippen molar-refractivity contribution in [1.82, 2.24) is 5.32 Å². The molecule has 10 heteroatoms. The molecule has 10 nitrogen and oxygen atoms in total. The Bertz CT molecular complexity index is 1030. The van der Waals surface area contributed by atoms with Crippen molar-refractivity contribution in [2.24, 2.45) is 10.9 Å². The predicted octanol–water partition coefficient (Wildman–Crippen LogP) is 2.79. The Morgan fingerprint density at radius 3 is 2.00 bits per heavy atom. The number of benzene rings is 1. The third-order valence-corrected chi connectivity index (χ3v) is 5.41. The first-order valence-electron chi connectivity index (χ1n) is 11.0. The maximum atomic E-state index is 13.4. The summed E-state index contributed by atoms with van der Waals surface area (Å²) in [6.45, 7) is 8.19. The lowest BCUT2D eigenvalue weighted by Gasteiger charge is -2.33. The summed E-state index contributed by atoms with van der Waals surface area (Å²) in [6, 6.07) is 3.28. The minimum atomic E-state index is -0.942. The molecule has 0 aliphatic carbocycles. The molecule has 1 aromatic carbocycles. The van der Waals surface area contributed by atoms with Crippen LogP contribution in [0.4, 0.5) is 0 Å². The van der Waals surface area contributed by atoms with Crippen LogP contribution >= 0.6 is 0 Å². The summed E-state index contributed by atoms with van der Waals surface area (Å²) in [5.74, 6) is -2.42. The summed E-state index contributed by atoms with van der Waals surface area (Å²) in [6.07, 6.45) is 0. The number of rotatable bonds is 8. The Labute approximate surface area is 205 Å². The molecule has 0 aromatic heterocycles. The fraction of sp³-hybridized carbons (Fsp3) is 0.520. The van der Waals surface area contributed by atoms with E-state index in [1.165, 1.54) is 28.4 Å². The van der Waals surface area contributed by atoms with Crippen LogP contribution in [0.25, 0.3) is 0 Å². The number of hydrogen-bond acceptors (Lipinski definition) is 9. The Morgan fingerprint density at radius 1 is 0.971 bits per heavy atom. The number of ether oxygens (including phenoxy) is 5. The van der Waals surface area contributed by atoms with E-state index in [4.69, 9.17) is 23.7 Å². The van der Waals surface area contributed by atoms with Crippen LogP contribution in [0, 0.1) is 5.92 Å². The number of carbonyl (C=O) groups is 3. The van der Waals surface area contributed by atoms with Gasteiger partial charge in [-0.3, -0.25) is 19.4 Å². The maximum Gasteiger partial charge on any atom is 0.325 e. The lowest BCUT2D eigenvalue weighted by atomic mass is 9.74. The van der Waals surface area contributed by atoms with Crippen molar-refractivity contribution in [3.63, 3.8) is 0 Å². The average Bonchev–Trinajstić information content (AvgIpc) is 2.79. The van der Waals surface area contributed by atoms with Gasteiger partial charge in [-0.2, -0.15) is 0 Å². The highest BCUT2D eigenvalue weighted by Crippen LogP contribution is 2.48. The second kappa shape index (κ2) is 11.2. The van der Waals surface area contributed by atoms with E-state index in [0.717, 1.165) is 0 Å². The van der Waals surface area contributed by atoms with Gasteiger partial charge in [-0.05, 0) is 34.6 Å². The minimum Gasteiger partial charge on any atom is -0.496 e. The van der Waals surface area contributed by atoms with Crippen LogP contribution in [0.15, 0.2) is 28.4 Å². The molecule has 1 aliphatic rings. The monoisotopic (exact) mass is 490 g/mol. The van der Waals surface area contributed by atoms with Gasteiger partial charge in [0.15, 0.2) is 0 Å². The number of methoxy groups -OCH3 is 4. The number of nitrogens with one attached hydrogen (secondary N) is 1. The Balaban J connectivity index is 2.66. The number of amides is 1. The normalized spacial score (nSPS) is 17.8. The lowest BCUT2D eigenvalue weighted by Crippen LogP contribution is -2.41. The molecule has 35 heavy (non-hydrogen) atoms. The molecule has 0 fully saturated rings. The van der Waals surface area contributed by atoms with E-state index >= 15 is 0 Å². The van der Waals surface area contributed by atoms with E-state index in [0.29, 0.717) is 34.2 Å². The number of nitrogens with zero attached hydrogens (tertiary/aromatic N) is 1. The van der Waals surface area contributed by atoms with Crippen molar-refractivity contribution < 1.29 is 38.1 Å². The fourth-order valence-corrected chi connectivity index (χ4v) is 4.04. The number of carbonyl (C=O) groups excluding carboxylic acids is 3. The van der Waals surface area contributed by atoms with Crippen LogP contribution in [0.3, 0.4) is 0 Å². The summed E-state index contributed by atoms with van der Waals surface area (Å²) in [4.78, 5) is 43.1. The molecule has 1 heterocycles. The molecule has 1 amide bonds. The van der Waals surface area contributed by atoms with Gasteiger partial charge < -0.3 is 29.0 Å². The van der Waals surface area contributed by atoms with E-state index in [9.17, 15) is 14.4 Å². The highest BCUT2D eigenvalue weighted by atomic mass is 16.6. The second-order valence-corrected chi connectivity index (χ2v) is 8.95. The van der Waals surface area contributed by atoms with Crippen molar-refractivity contribution in [2.75, 3.05) is 35.0 Å². The molecule has 2 rings (SSSR count). The maximum absolute atomic E-state index is 13.4. The Morgan fingerprint density at radius 2 is 1.54 bits per heavy atom. The Hall–Kier alpha value is -3.56. The van der Waals surface area contributed by atoms with Gasteiger partial charge in [0.1, 0.15) is 35.3 Å². The molecule has 0 saturated carbocycles. The number of aliphatic imine (C=N–C) groups is 1. The van der Waals surface area contributed by atoms with Crippen LogP contribution in [-0.4, -0.2) is 64.1 Å². The van der Waals surface area contributed by atoms with E-state index < -0.39 is 35.3 Å².